The number of carbonyl (C=O) groups excluding carboxylic acids is 2. The Kier molecular flexibility index (Phi) is 8.74. The highest BCUT2D eigenvalue weighted by molar-refractivity contribution is 5.95. The quantitative estimate of drug-likeness (QED) is 0.102. The third-order valence-corrected chi connectivity index (χ3v) is 7.88. The molecule has 0 saturated carbocycles. The van der Waals surface area contributed by atoms with Crippen molar-refractivity contribution in [1.29, 1.82) is 0 Å². The van der Waals surface area contributed by atoms with Gasteiger partial charge >= 0.3 is 5.97 Å². The number of amides is 1. The van der Waals surface area contributed by atoms with Crippen molar-refractivity contribution >= 4 is 18.1 Å². The minimum atomic E-state index is -0.341. The smallest absolute Gasteiger partial charge is 0.338 e. The molecule has 0 unspecified atom stereocenters. The zero-order chi connectivity index (χ0) is 32.0. The molecule has 6 aromatic rings. The van der Waals surface area contributed by atoms with E-state index in [0.717, 1.165) is 50.8 Å². The van der Waals surface area contributed by atoms with Gasteiger partial charge in [0.2, 0.25) is 0 Å². The SMILES string of the molecule is CCOC(=O)c1ccc(-n2c(C)cc(/C=N\NC(=O)c3ccc(-n4c(-c5ccccc5)ccc4-c4ccccc4)cc3)c2C)cc1. The number of nitrogens with one attached hydrogen (secondary N) is 1. The van der Waals surface area contributed by atoms with Crippen LogP contribution in [0.1, 0.15) is 44.6 Å². The Balaban J connectivity index is 1.19. The van der Waals surface area contributed by atoms with E-state index < -0.39 is 0 Å². The predicted octanol–water partition coefficient (Wildman–Crippen LogP) is 8.16. The predicted molar refractivity (Wildman–Crippen MR) is 183 cm³/mol. The maximum absolute atomic E-state index is 13.0. The lowest BCUT2D eigenvalue weighted by atomic mass is 10.1. The summed E-state index contributed by atoms with van der Waals surface area (Å²) in [4.78, 5) is 25.1. The lowest BCUT2D eigenvalue weighted by molar-refractivity contribution is 0.0526. The Bertz CT molecular complexity index is 1950. The molecule has 0 spiro atoms. The van der Waals surface area contributed by atoms with Crippen LogP contribution in [0.2, 0.25) is 0 Å². The highest BCUT2D eigenvalue weighted by atomic mass is 16.5. The zero-order valence-electron chi connectivity index (χ0n) is 26.0. The number of aryl methyl sites for hydroxylation is 1. The molecule has 228 valence electrons. The molecule has 7 nitrogen and oxygen atoms in total. The molecule has 0 saturated heterocycles. The summed E-state index contributed by atoms with van der Waals surface area (Å²) >= 11 is 0. The van der Waals surface area contributed by atoms with Crippen LogP contribution in [-0.2, 0) is 4.74 Å². The van der Waals surface area contributed by atoms with Gasteiger partial charge in [0.1, 0.15) is 0 Å². The normalized spacial score (nSPS) is 11.1. The van der Waals surface area contributed by atoms with E-state index >= 15 is 0 Å². The summed E-state index contributed by atoms with van der Waals surface area (Å²) in [6.07, 6.45) is 1.65. The molecule has 0 radical (unpaired) electrons. The van der Waals surface area contributed by atoms with Gasteiger partial charge < -0.3 is 13.9 Å². The van der Waals surface area contributed by atoms with E-state index in [4.69, 9.17) is 4.74 Å². The molecular weight excluding hydrogens is 572 g/mol. The number of nitrogens with zero attached hydrogens (tertiary/aromatic N) is 3. The van der Waals surface area contributed by atoms with Crippen molar-refractivity contribution < 1.29 is 14.3 Å². The van der Waals surface area contributed by atoms with Gasteiger partial charge in [0, 0.05) is 33.9 Å². The molecule has 1 N–H and O–H groups in total. The molecule has 6 rings (SSSR count). The Morgan fingerprint density at radius 2 is 1.22 bits per heavy atom. The van der Waals surface area contributed by atoms with Gasteiger partial charge in [0.25, 0.3) is 5.91 Å². The van der Waals surface area contributed by atoms with E-state index in [2.05, 4.69) is 56.1 Å². The van der Waals surface area contributed by atoms with E-state index in [0.29, 0.717) is 17.7 Å². The number of ether oxygens (including phenoxy) is 1. The average molecular weight is 607 g/mol. The summed E-state index contributed by atoms with van der Waals surface area (Å²) in [5.74, 6) is -0.642. The number of benzene rings is 4. The second-order valence-electron chi connectivity index (χ2n) is 10.8. The minimum absolute atomic E-state index is 0.301. The number of aromatic nitrogens is 2. The number of hydrogen-bond donors (Lipinski definition) is 1. The van der Waals surface area contributed by atoms with Gasteiger partial charge in [-0.15, -0.1) is 0 Å². The molecule has 0 atom stereocenters. The van der Waals surface area contributed by atoms with Crippen molar-refractivity contribution in [3.05, 3.63) is 155 Å². The third kappa shape index (κ3) is 6.16. The molecule has 1 amide bonds. The molecule has 0 aliphatic carbocycles. The first-order valence-electron chi connectivity index (χ1n) is 15.2. The molecule has 4 aromatic carbocycles. The first-order valence-corrected chi connectivity index (χ1v) is 15.2. The Morgan fingerprint density at radius 3 is 1.76 bits per heavy atom. The van der Waals surface area contributed by atoms with Crippen LogP contribution in [0, 0.1) is 13.8 Å². The maximum atomic E-state index is 13.0. The van der Waals surface area contributed by atoms with Crippen LogP contribution in [0.5, 0.6) is 0 Å². The molecule has 0 fully saturated rings. The fourth-order valence-corrected chi connectivity index (χ4v) is 5.65. The number of esters is 1. The molecule has 2 heterocycles. The lowest BCUT2D eigenvalue weighted by Crippen LogP contribution is -2.17. The van der Waals surface area contributed by atoms with E-state index in [1.165, 1.54) is 0 Å². The molecule has 46 heavy (non-hydrogen) atoms. The monoisotopic (exact) mass is 606 g/mol. The summed E-state index contributed by atoms with van der Waals surface area (Å²) in [6, 6.07) is 41.6. The largest absolute Gasteiger partial charge is 0.462 e. The van der Waals surface area contributed by atoms with E-state index in [1.54, 1.807) is 25.3 Å². The van der Waals surface area contributed by atoms with Gasteiger partial charge in [0.05, 0.1) is 29.8 Å². The summed E-state index contributed by atoms with van der Waals surface area (Å²) in [5, 5.41) is 4.26. The van der Waals surface area contributed by atoms with E-state index in [9.17, 15) is 9.59 Å². The Morgan fingerprint density at radius 1 is 0.696 bits per heavy atom. The highest BCUT2D eigenvalue weighted by Gasteiger charge is 2.15. The number of rotatable bonds is 9. The van der Waals surface area contributed by atoms with Gasteiger partial charge in [0.15, 0.2) is 0 Å². The van der Waals surface area contributed by atoms with Gasteiger partial charge in [-0.25, -0.2) is 10.2 Å². The van der Waals surface area contributed by atoms with Gasteiger partial charge in [-0.2, -0.15) is 5.10 Å². The van der Waals surface area contributed by atoms with Crippen LogP contribution in [0.4, 0.5) is 0 Å². The summed E-state index contributed by atoms with van der Waals surface area (Å²) in [6.45, 7) is 6.11. The van der Waals surface area contributed by atoms with Crippen molar-refractivity contribution in [2.75, 3.05) is 6.61 Å². The van der Waals surface area contributed by atoms with Gasteiger partial charge in [-0.3, -0.25) is 4.79 Å². The van der Waals surface area contributed by atoms with Crippen LogP contribution < -0.4 is 5.43 Å². The van der Waals surface area contributed by atoms with Gasteiger partial charge in [-0.05, 0) is 98.6 Å². The number of hydrazone groups is 1. The summed E-state index contributed by atoms with van der Waals surface area (Å²) in [5.41, 5.74) is 12.7. The van der Waals surface area contributed by atoms with Crippen LogP contribution in [-0.4, -0.2) is 33.8 Å². The van der Waals surface area contributed by atoms with Crippen molar-refractivity contribution in [2.24, 2.45) is 5.10 Å². The van der Waals surface area contributed by atoms with Crippen molar-refractivity contribution in [3.8, 4) is 33.9 Å². The highest BCUT2D eigenvalue weighted by Crippen LogP contribution is 2.32. The minimum Gasteiger partial charge on any atom is -0.462 e. The second kappa shape index (κ2) is 13.4. The van der Waals surface area contributed by atoms with Crippen LogP contribution in [0.3, 0.4) is 0 Å². The maximum Gasteiger partial charge on any atom is 0.338 e. The van der Waals surface area contributed by atoms with Crippen molar-refractivity contribution in [1.82, 2.24) is 14.6 Å². The fraction of sp³-hybridized carbons (Fsp3) is 0.103. The van der Waals surface area contributed by atoms with E-state index in [1.807, 2.05) is 92.7 Å². The third-order valence-electron chi connectivity index (χ3n) is 7.88. The molecule has 0 bridgehead atoms. The molecule has 7 heteroatoms. The topological polar surface area (TPSA) is 77.6 Å². The first kappa shape index (κ1) is 30.1. The Labute approximate surface area is 268 Å². The molecule has 0 aliphatic rings. The van der Waals surface area contributed by atoms with E-state index in [-0.39, 0.29) is 11.9 Å². The van der Waals surface area contributed by atoms with Crippen LogP contribution in [0.25, 0.3) is 33.9 Å². The lowest BCUT2D eigenvalue weighted by Gasteiger charge is -2.15. The van der Waals surface area contributed by atoms with Crippen LogP contribution in [0.15, 0.2) is 132 Å². The Hall–Kier alpha value is -5.95. The van der Waals surface area contributed by atoms with Crippen molar-refractivity contribution in [3.63, 3.8) is 0 Å². The fourth-order valence-electron chi connectivity index (χ4n) is 5.65. The molecular formula is C39H34N4O3. The standard InChI is InChI=1S/C39H34N4O3/c1-4-46-39(45)32-17-21-34(22-18-32)42-27(2)25-33(28(42)3)26-40-41-38(44)31-15-19-35(20-16-31)43-36(29-11-7-5-8-12-29)23-24-37(43)30-13-9-6-10-14-30/h5-26H,4H2,1-3H3,(H,41,44)/b40-26-. The number of hydrogen-bond acceptors (Lipinski definition) is 4. The molecule has 0 aliphatic heterocycles. The van der Waals surface area contributed by atoms with Crippen molar-refractivity contribution in [2.45, 2.75) is 20.8 Å². The summed E-state index contributed by atoms with van der Waals surface area (Å²) in [7, 11) is 0. The zero-order valence-corrected chi connectivity index (χ0v) is 26.0. The second-order valence-corrected chi connectivity index (χ2v) is 10.8. The molecule has 2 aromatic heterocycles. The van der Waals surface area contributed by atoms with Crippen LogP contribution >= 0.6 is 0 Å². The van der Waals surface area contributed by atoms with Gasteiger partial charge in [-0.1, -0.05) is 60.7 Å². The first-order chi connectivity index (χ1) is 22.4. The average Bonchev–Trinajstić information content (AvgIpc) is 3.66. The summed E-state index contributed by atoms with van der Waals surface area (Å²) < 4.78 is 9.38. The number of carbonyl (C=O) groups is 2.